The summed E-state index contributed by atoms with van der Waals surface area (Å²) in [6.07, 6.45) is 17.2. The minimum Gasteiger partial charge on any atom is -0.515 e. The number of aliphatic hydroxyl groups excluding tert-OH is 2. The monoisotopic (exact) mass is 798 g/mol. The van der Waals surface area contributed by atoms with Crippen molar-refractivity contribution in [3.8, 4) is 0 Å². The van der Waals surface area contributed by atoms with E-state index in [1.807, 2.05) is 39.0 Å². The van der Waals surface area contributed by atoms with E-state index in [9.17, 15) is 19.8 Å². The summed E-state index contributed by atoms with van der Waals surface area (Å²) in [6, 6.07) is 0. The van der Waals surface area contributed by atoms with Gasteiger partial charge in [0, 0.05) is 58.4 Å². The van der Waals surface area contributed by atoms with E-state index in [2.05, 4.69) is 59.0 Å². The van der Waals surface area contributed by atoms with Gasteiger partial charge in [0.1, 0.15) is 6.61 Å². The van der Waals surface area contributed by atoms with Gasteiger partial charge in [-0.05, 0) is 134 Å². The number of aliphatic imine (C=N–C) groups is 3. The maximum atomic E-state index is 13.8. The SMILES string of the molecule is CCCC1=C2C=C3N=C4C(=C5NC(=C(C)C6=NC(=CC(=N2)/C1=C/O)C(C(C)O)=C6C)[C@@H](C)[C@@H]5CCC(=O)OC/C=C(\C)CC/C=C(\C)CCC=C(C)C)CC(=O)C4=C3C. The van der Waals surface area contributed by atoms with Crippen LogP contribution in [0.5, 0.6) is 0 Å². The second-order valence-corrected chi connectivity index (χ2v) is 17.1. The maximum Gasteiger partial charge on any atom is 0.306 e. The quantitative estimate of drug-likeness (QED) is 0.0910. The molecule has 2 fully saturated rings. The van der Waals surface area contributed by atoms with Gasteiger partial charge in [-0.1, -0.05) is 49.1 Å². The Labute approximate surface area is 350 Å². The first-order valence-corrected chi connectivity index (χ1v) is 21.4. The predicted octanol–water partition coefficient (Wildman–Crippen LogP) is 10.7. The van der Waals surface area contributed by atoms with Gasteiger partial charge >= 0.3 is 5.97 Å². The zero-order chi connectivity index (χ0) is 42.7. The Morgan fingerprint density at radius 3 is 2.29 bits per heavy atom. The number of carbonyl (C=O) groups is 2. The number of aliphatic hydroxyl groups is 2. The summed E-state index contributed by atoms with van der Waals surface area (Å²) in [5.41, 5.74) is 16.0. The molecule has 8 bridgehead atoms. The molecule has 0 aromatic heterocycles. The van der Waals surface area contributed by atoms with Crippen LogP contribution in [0, 0.1) is 11.8 Å². The second-order valence-electron chi connectivity index (χ2n) is 17.1. The molecule has 0 aromatic carbocycles. The van der Waals surface area contributed by atoms with E-state index in [1.165, 1.54) is 16.7 Å². The first-order chi connectivity index (χ1) is 28.1. The first-order valence-electron chi connectivity index (χ1n) is 21.4. The number of fused-ring (bicyclic) bond motifs is 5. The van der Waals surface area contributed by atoms with Gasteiger partial charge in [-0.3, -0.25) is 9.59 Å². The zero-order valence-corrected chi connectivity index (χ0v) is 36.7. The highest BCUT2D eigenvalue weighted by molar-refractivity contribution is 6.38. The van der Waals surface area contributed by atoms with Crippen LogP contribution in [0.15, 0.2) is 141 Å². The van der Waals surface area contributed by atoms with Crippen molar-refractivity contribution >= 4 is 28.9 Å². The highest BCUT2D eigenvalue weighted by atomic mass is 16.5. The third-order valence-electron chi connectivity index (χ3n) is 12.4. The molecule has 1 saturated carbocycles. The first kappa shape index (κ1) is 43.4. The van der Waals surface area contributed by atoms with Crippen molar-refractivity contribution in [3.05, 3.63) is 126 Å². The van der Waals surface area contributed by atoms with Gasteiger partial charge in [0.25, 0.3) is 0 Å². The summed E-state index contributed by atoms with van der Waals surface area (Å²) in [5, 5.41) is 25.4. The van der Waals surface area contributed by atoms with Crippen LogP contribution in [0.2, 0.25) is 0 Å². The minimum absolute atomic E-state index is 0.0222. The van der Waals surface area contributed by atoms with Gasteiger partial charge in [0.15, 0.2) is 5.78 Å². The molecule has 6 rings (SSSR count). The van der Waals surface area contributed by atoms with E-state index < -0.39 is 6.10 Å². The lowest BCUT2D eigenvalue weighted by Gasteiger charge is -2.17. The van der Waals surface area contributed by atoms with Gasteiger partial charge < -0.3 is 20.3 Å². The Hall–Kier alpha value is -5.15. The van der Waals surface area contributed by atoms with Crippen molar-refractivity contribution in [2.24, 2.45) is 26.8 Å². The van der Waals surface area contributed by atoms with E-state index in [0.29, 0.717) is 58.1 Å². The summed E-state index contributed by atoms with van der Waals surface area (Å²) in [7, 11) is 0. The fourth-order valence-corrected chi connectivity index (χ4v) is 9.12. The molecular formula is C50H62N4O5. The molecule has 0 amide bonds. The number of nitrogens with zero attached hydrogens (tertiary/aromatic N) is 3. The largest absolute Gasteiger partial charge is 0.515 e. The smallest absolute Gasteiger partial charge is 0.306 e. The normalized spacial score (nSPS) is 23.0. The van der Waals surface area contributed by atoms with Gasteiger partial charge in [-0.25, -0.2) is 15.0 Å². The molecule has 5 heterocycles. The lowest BCUT2D eigenvalue weighted by atomic mass is 9.85. The highest BCUT2D eigenvalue weighted by Gasteiger charge is 2.44. The molecule has 9 nitrogen and oxygen atoms in total. The maximum absolute atomic E-state index is 13.8. The summed E-state index contributed by atoms with van der Waals surface area (Å²) >= 11 is 0. The van der Waals surface area contributed by atoms with Crippen molar-refractivity contribution in [2.75, 3.05) is 6.61 Å². The summed E-state index contributed by atoms with van der Waals surface area (Å²) < 4.78 is 5.74. The molecule has 1 aliphatic carbocycles. The number of hydrogen-bond donors (Lipinski definition) is 3. The Morgan fingerprint density at radius 1 is 0.915 bits per heavy atom. The summed E-state index contributed by atoms with van der Waals surface area (Å²) in [6.45, 7) is 20.7. The molecule has 3 N–H and O–H groups in total. The second kappa shape index (κ2) is 18.4. The standard InChI is InChI=1S/C50H62N4O5/c1-11-14-36-38(26-55)41-25-42-45(34(10)56)32(8)48(53-42)33(9)47-30(6)35(19-20-44(58)59-22-21-29(5)18-13-17-28(4)16-12-15-27(2)3)49(54-47)37-23-43(57)46-31(7)39(52-50(37)46)24-40(36)51-41/h15,17,21,24-26,30,34-35,54-56H,11-14,16,18-20,22-23H2,1-10H3/b28-17+,29-21+,38-26+,39-24?,42-25?,47-33?,49-37?/t30-,34?,35-/m0/s1. The average molecular weight is 799 g/mol. The van der Waals surface area contributed by atoms with E-state index >= 15 is 0 Å². The minimum atomic E-state index is -0.801. The highest BCUT2D eigenvalue weighted by Crippen LogP contribution is 2.46. The molecule has 6 aliphatic rings. The molecule has 5 aliphatic heterocycles. The van der Waals surface area contributed by atoms with E-state index in [1.54, 1.807) is 6.92 Å². The third kappa shape index (κ3) is 9.05. The number of Topliss-reactive ketones (excluding diaryl/α,β-unsaturated/α-hetero) is 1. The lowest BCUT2D eigenvalue weighted by molar-refractivity contribution is -0.142. The van der Waals surface area contributed by atoms with E-state index in [-0.39, 0.29) is 43.0 Å². The summed E-state index contributed by atoms with van der Waals surface area (Å²) in [5.74, 6) is -0.392. The van der Waals surface area contributed by atoms with Crippen LogP contribution in [0.4, 0.5) is 0 Å². The zero-order valence-electron chi connectivity index (χ0n) is 36.7. The fraction of sp³-hybridized carbons (Fsp3) is 0.460. The van der Waals surface area contributed by atoms with Crippen LogP contribution in [0.3, 0.4) is 0 Å². The van der Waals surface area contributed by atoms with Crippen LogP contribution in [0.1, 0.15) is 127 Å². The Balaban J connectivity index is 1.32. The molecule has 1 unspecified atom stereocenters. The molecule has 0 spiro atoms. The van der Waals surface area contributed by atoms with Crippen LogP contribution < -0.4 is 5.32 Å². The predicted molar refractivity (Wildman–Crippen MR) is 239 cm³/mol. The van der Waals surface area contributed by atoms with Crippen molar-refractivity contribution in [1.82, 2.24) is 5.32 Å². The lowest BCUT2D eigenvalue weighted by Crippen LogP contribution is -2.16. The number of allylic oxidation sites excluding steroid dienone is 16. The average Bonchev–Trinajstić information content (AvgIpc) is 3.95. The fourth-order valence-electron chi connectivity index (χ4n) is 9.12. The molecule has 0 radical (unpaired) electrons. The Morgan fingerprint density at radius 2 is 1.61 bits per heavy atom. The van der Waals surface area contributed by atoms with Gasteiger partial charge in [0.05, 0.1) is 46.6 Å². The van der Waals surface area contributed by atoms with E-state index in [4.69, 9.17) is 19.7 Å². The van der Waals surface area contributed by atoms with Crippen molar-refractivity contribution in [1.29, 1.82) is 0 Å². The van der Waals surface area contributed by atoms with Gasteiger partial charge in [-0.15, -0.1) is 0 Å². The molecule has 312 valence electrons. The molecule has 9 heteroatoms. The Bertz CT molecular complexity index is 2280. The van der Waals surface area contributed by atoms with Crippen LogP contribution in [-0.2, 0) is 14.3 Å². The molecule has 3 atom stereocenters. The topological polar surface area (TPSA) is 133 Å². The number of carbonyl (C=O) groups excluding carboxylic acids is 2. The molecular weight excluding hydrogens is 737 g/mol. The third-order valence-corrected chi connectivity index (χ3v) is 12.4. The number of nitrogens with one attached hydrogen (secondary N) is 1. The van der Waals surface area contributed by atoms with Crippen molar-refractivity contribution in [2.45, 2.75) is 133 Å². The number of rotatable bonds is 14. The van der Waals surface area contributed by atoms with Crippen LogP contribution >= 0.6 is 0 Å². The number of ether oxygens (including phenoxy) is 1. The number of esters is 1. The van der Waals surface area contributed by atoms with Crippen LogP contribution in [0.25, 0.3) is 0 Å². The van der Waals surface area contributed by atoms with Crippen LogP contribution in [-0.4, -0.2) is 51.8 Å². The van der Waals surface area contributed by atoms with Crippen molar-refractivity contribution < 1.29 is 24.5 Å². The number of ketones is 1. The molecule has 59 heavy (non-hydrogen) atoms. The molecule has 0 aromatic rings. The Kier molecular flexibility index (Phi) is 13.6. The van der Waals surface area contributed by atoms with E-state index in [0.717, 1.165) is 83.3 Å². The van der Waals surface area contributed by atoms with Gasteiger partial charge in [-0.2, -0.15) is 0 Å². The molecule has 1 saturated heterocycles. The van der Waals surface area contributed by atoms with Gasteiger partial charge in [0.2, 0.25) is 0 Å². The van der Waals surface area contributed by atoms with Crippen molar-refractivity contribution in [3.63, 3.8) is 0 Å². The number of hydrogen-bond acceptors (Lipinski definition) is 9. The summed E-state index contributed by atoms with van der Waals surface area (Å²) in [4.78, 5) is 42.4.